The minimum atomic E-state index is 0.566. The van der Waals surface area contributed by atoms with Gasteiger partial charge in [0.25, 0.3) is 0 Å². The fourth-order valence-corrected chi connectivity index (χ4v) is 2.52. The molecule has 0 bridgehead atoms. The van der Waals surface area contributed by atoms with Crippen molar-refractivity contribution in [1.29, 1.82) is 0 Å². The van der Waals surface area contributed by atoms with E-state index < -0.39 is 0 Å². The maximum Gasteiger partial charge on any atom is 0.137 e. The minimum absolute atomic E-state index is 0.566. The summed E-state index contributed by atoms with van der Waals surface area (Å²) >= 11 is 17.9. The van der Waals surface area contributed by atoms with Crippen LogP contribution in [0.2, 0.25) is 15.1 Å². The molecular weight excluding hydrogens is 305 g/mol. The lowest BCUT2D eigenvalue weighted by Gasteiger charge is -2.09. The van der Waals surface area contributed by atoms with Crippen molar-refractivity contribution < 1.29 is 4.74 Å². The molecule has 0 aliphatic carbocycles. The Labute approximate surface area is 127 Å². The smallest absolute Gasteiger partial charge is 0.137 e. The largest absolute Gasteiger partial charge is 0.495 e. The van der Waals surface area contributed by atoms with E-state index in [1.54, 1.807) is 13.2 Å². The predicted octanol–water partition coefficient (Wildman–Crippen LogP) is 5.27. The van der Waals surface area contributed by atoms with Gasteiger partial charge in [-0.1, -0.05) is 34.8 Å². The van der Waals surface area contributed by atoms with Crippen LogP contribution < -0.4 is 10.1 Å². The molecule has 0 amide bonds. The molecule has 0 saturated heterocycles. The third-order valence-electron chi connectivity index (χ3n) is 2.57. The van der Waals surface area contributed by atoms with E-state index in [1.807, 2.05) is 30.3 Å². The van der Waals surface area contributed by atoms with Crippen molar-refractivity contribution in [2.75, 3.05) is 12.4 Å². The number of rotatable bonds is 4. The quantitative estimate of drug-likeness (QED) is 0.830. The van der Waals surface area contributed by atoms with Gasteiger partial charge in [0.05, 0.1) is 12.1 Å². The first-order chi connectivity index (χ1) is 9.08. The van der Waals surface area contributed by atoms with Crippen LogP contribution in [0, 0.1) is 0 Å². The summed E-state index contributed by atoms with van der Waals surface area (Å²) in [6.07, 6.45) is 0. The van der Waals surface area contributed by atoms with Crippen molar-refractivity contribution >= 4 is 40.5 Å². The number of halogens is 3. The Morgan fingerprint density at radius 3 is 2.26 bits per heavy atom. The van der Waals surface area contributed by atoms with E-state index >= 15 is 0 Å². The average Bonchev–Trinajstić information content (AvgIpc) is 2.35. The molecule has 0 aliphatic heterocycles. The molecule has 0 unspecified atom stereocenters. The topological polar surface area (TPSA) is 21.3 Å². The lowest BCUT2D eigenvalue weighted by atomic mass is 10.2. The van der Waals surface area contributed by atoms with Crippen LogP contribution in [0.4, 0.5) is 5.69 Å². The van der Waals surface area contributed by atoms with Crippen LogP contribution in [-0.4, -0.2) is 7.11 Å². The zero-order valence-electron chi connectivity index (χ0n) is 10.2. The molecule has 5 heteroatoms. The second kappa shape index (κ2) is 6.38. The third kappa shape index (κ3) is 3.93. The summed E-state index contributed by atoms with van der Waals surface area (Å²) in [6.45, 7) is 0.614. The van der Waals surface area contributed by atoms with Gasteiger partial charge in [-0.05, 0) is 42.0 Å². The van der Waals surface area contributed by atoms with E-state index in [-0.39, 0.29) is 0 Å². The van der Waals surface area contributed by atoms with Gasteiger partial charge in [-0.2, -0.15) is 0 Å². The van der Waals surface area contributed by atoms with Crippen LogP contribution >= 0.6 is 34.8 Å². The van der Waals surface area contributed by atoms with Crippen LogP contribution in [0.3, 0.4) is 0 Å². The van der Waals surface area contributed by atoms with E-state index in [9.17, 15) is 0 Å². The molecule has 2 nitrogen and oxygen atoms in total. The molecule has 100 valence electrons. The summed E-state index contributed by atoms with van der Waals surface area (Å²) in [6, 6.07) is 11.0. The molecule has 0 aromatic heterocycles. The molecule has 2 rings (SSSR count). The summed E-state index contributed by atoms with van der Waals surface area (Å²) in [5.74, 6) is 0.651. The maximum atomic E-state index is 6.05. The number of anilines is 1. The Balaban J connectivity index is 2.08. The van der Waals surface area contributed by atoms with Gasteiger partial charge in [0.1, 0.15) is 5.75 Å². The molecular formula is C14H12Cl3NO. The zero-order chi connectivity index (χ0) is 13.8. The number of nitrogens with one attached hydrogen (secondary N) is 1. The first-order valence-corrected chi connectivity index (χ1v) is 6.74. The van der Waals surface area contributed by atoms with Gasteiger partial charge in [-0.25, -0.2) is 0 Å². The average molecular weight is 317 g/mol. The Morgan fingerprint density at radius 2 is 1.68 bits per heavy atom. The van der Waals surface area contributed by atoms with Crippen molar-refractivity contribution in [3.63, 3.8) is 0 Å². The summed E-state index contributed by atoms with van der Waals surface area (Å²) < 4.78 is 5.10. The summed E-state index contributed by atoms with van der Waals surface area (Å²) in [5, 5.41) is 5.06. The lowest BCUT2D eigenvalue weighted by Crippen LogP contribution is -1.99. The van der Waals surface area contributed by atoms with Gasteiger partial charge < -0.3 is 10.1 Å². The van der Waals surface area contributed by atoms with Crippen molar-refractivity contribution in [3.05, 3.63) is 57.0 Å². The van der Waals surface area contributed by atoms with Gasteiger partial charge in [-0.15, -0.1) is 0 Å². The number of methoxy groups -OCH3 is 1. The number of benzene rings is 2. The van der Waals surface area contributed by atoms with Gasteiger partial charge in [0.2, 0.25) is 0 Å². The van der Waals surface area contributed by atoms with Crippen LogP contribution in [0.1, 0.15) is 5.56 Å². The number of hydrogen-bond acceptors (Lipinski definition) is 2. The normalized spacial score (nSPS) is 10.3. The highest BCUT2D eigenvalue weighted by Crippen LogP contribution is 2.27. The molecule has 1 N–H and O–H groups in total. The molecule has 0 aliphatic rings. The standard InChI is InChI=1S/C14H12Cl3NO/c1-19-14-3-2-12(7-13(14)17)18-8-9-4-10(15)6-11(16)5-9/h2-7,18H,8H2,1H3. The molecule has 2 aromatic rings. The molecule has 0 radical (unpaired) electrons. The second-order valence-corrected chi connectivity index (χ2v) is 5.26. The fraction of sp³-hybridized carbons (Fsp3) is 0.143. The van der Waals surface area contributed by atoms with Gasteiger partial charge in [0, 0.05) is 22.3 Å². The minimum Gasteiger partial charge on any atom is -0.495 e. The molecule has 2 aromatic carbocycles. The third-order valence-corrected chi connectivity index (χ3v) is 3.30. The SMILES string of the molecule is COc1ccc(NCc2cc(Cl)cc(Cl)c2)cc1Cl. The highest BCUT2D eigenvalue weighted by atomic mass is 35.5. The van der Waals surface area contributed by atoms with E-state index in [0.29, 0.717) is 27.4 Å². The van der Waals surface area contributed by atoms with E-state index in [1.165, 1.54) is 0 Å². The van der Waals surface area contributed by atoms with Crippen molar-refractivity contribution in [1.82, 2.24) is 0 Å². The second-order valence-electron chi connectivity index (χ2n) is 3.98. The highest BCUT2D eigenvalue weighted by molar-refractivity contribution is 6.34. The molecule has 0 atom stereocenters. The Bertz CT molecular complexity index is 567. The summed E-state index contributed by atoms with van der Waals surface area (Å²) in [4.78, 5) is 0. The van der Waals surface area contributed by atoms with Gasteiger partial charge in [0.15, 0.2) is 0 Å². The zero-order valence-corrected chi connectivity index (χ0v) is 12.5. The van der Waals surface area contributed by atoms with Gasteiger partial charge >= 0.3 is 0 Å². The van der Waals surface area contributed by atoms with E-state index in [4.69, 9.17) is 39.5 Å². The van der Waals surface area contributed by atoms with Crippen LogP contribution in [0.25, 0.3) is 0 Å². The van der Waals surface area contributed by atoms with Crippen LogP contribution in [-0.2, 0) is 6.54 Å². The highest BCUT2D eigenvalue weighted by Gasteiger charge is 2.02. The van der Waals surface area contributed by atoms with E-state index in [2.05, 4.69) is 5.32 Å². The van der Waals surface area contributed by atoms with Crippen LogP contribution in [0.5, 0.6) is 5.75 Å². The predicted molar refractivity (Wildman–Crippen MR) is 81.8 cm³/mol. The molecule has 0 spiro atoms. The van der Waals surface area contributed by atoms with Crippen molar-refractivity contribution in [2.45, 2.75) is 6.54 Å². The molecule has 0 saturated carbocycles. The number of hydrogen-bond donors (Lipinski definition) is 1. The van der Waals surface area contributed by atoms with Crippen molar-refractivity contribution in [2.24, 2.45) is 0 Å². The lowest BCUT2D eigenvalue weighted by molar-refractivity contribution is 0.415. The summed E-state index contributed by atoms with van der Waals surface area (Å²) in [7, 11) is 1.59. The molecule has 0 fully saturated rings. The first-order valence-electron chi connectivity index (χ1n) is 5.61. The Kier molecular flexibility index (Phi) is 4.81. The number of ether oxygens (including phenoxy) is 1. The van der Waals surface area contributed by atoms with Gasteiger partial charge in [-0.3, -0.25) is 0 Å². The monoisotopic (exact) mass is 315 g/mol. The Morgan fingerprint density at radius 1 is 1.00 bits per heavy atom. The summed E-state index contributed by atoms with van der Waals surface area (Å²) in [5.41, 5.74) is 1.91. The van der Waals surface area contributed by atoms with Crippen LogP contribution in [0.15, 0.2) is 36.4 Å². The molecule has 19 heavy (non-hydrogen) atoms. The Hall–Kier alpha value is -1.09. The fourth-order valence-electron chi connectivity index (χ4n) is 1.69. The maximum absolute atomic E-state index is 6.05. The molecule has 0 heterocycles. The van der Waals surface area contributed by atoms with E-state index in [0.717, 1.165) is 11.3 Å². The van der Waals surface area contributed by atoms with Crippen molar-refractivity contribution in [3.8, 4) is 5.75 Å². The first kappa shape index (κ1) is 14.3.